The Balaban J connectivity index is 1.65. The molecule has 96 valence electrons. The largest absolute Gasteiger partial charge is 0.348 e. The van der Waals surface area contributed by atoms with Gasteiger partial charge in [0.15, 0.2) is 0 Å². The Bertz CT molecular complexity index is 598. The van der Waals surface area contributed by atoms with Crippen LogP contribution in [0.3, 0.4) is 0 Å². The number of nitrogens with zero attached hydrogens (tertiary/aromatic N) is 2. The normalized spacial score (nSPS) is 13.1. The summed E-state index contributed by atoms with van der Waals surface area (Å²) in [6.45, 7) is 2.36. The van der Waals surface area contributed by atoms with Crippen molar-refractivity contribution < 1.29 is 4.79 Å². The van der Waals surface area contributed by atoms with Gasteiger partial charge in [-0.05, 0) is 16.7 Å². The zero-order valence-corrected chi connectivity index (χ0v) is 10.4. The summed E-state index contributed by atoms with van der Waals surface area (Å²) in [7, 11) is 0. The molecule has 2 aromatic rings. The molecule has 0 saturated heterocycles. The van der Waals surface area contributed by atoms with Gasteiger partial charge in [-0.15, -0.1) is 0 Å². The molecule has 2 heterocycles. The van der Waals surface area contributed by atoms with Gasteiger partial charge < -0.3 is 10.6 Å². The van der Waals surface area contributed by atoms with Gasteiger partial charge in [-0.3, -0.25) is 4.79 Å². The zero-order valence-electron chi connectivity index (χ0n) is 10.4. The second-order valence-electron chi connectivity index (χ2n) is 4.52. The summed E-state index contributed by atoms with van der Waals surface area (Å²) < 4.78 is 0. The summed E-state index contributed by atoms with van der Waals surface area (Å²) in [4.78, 5) is 19.5. The lowest BCUT2D eigenvalue weighted by Gasteiger charge is -2.06. The molecule has 1 aliphatic heterocycles. The molecule has 1 aromatic heterocycles. The molecule has 0 bridgehead atoms. The van der Waals surface area contributed by atoms with E-state index in [1.165, 1.54) is 29.8 Å². The highest BCUT2D eigenvalue weighted by molar-refractivity contribution is 5.93. The smallest absolute Gasteiger partial charge is 0.254 e. The molecular formula is C14H14N4O. The second-order valence-corrected chi connectivity index (χ2v) is 4.52. The first-order valence-electron chi connectivity index (χ1n) is 6.17. The Hall–Kier alpha value is -2.27. The molecule has 0 unspecified atom stereocenters. The number of aromatic nitrogens is 2. The third-order valence-electron chi connectivity index (χ3n) is 3.18. The van der Waals surface area contributed by atoms with Crippen LogP contribution in [0.5, 0.6) is 0 Å². The lowest BCUT2D eigenvalue weighted by atomic mass is 10.1. The van der Waals surface area contributed by atoms with Gasteiger partial charge in [-0.25, -0.2) is 9.97 Å². The lowest BCUT2D eigenvalue weighted by molar-refractivity contribution is 0.0950. The van der Waals surface area contributed by atoms with Crippen molar-refractivity contribution >= 4 is 5.91 Å². The van der Waals surface area contributed by atoms with Crippen molar-refractivity contribution in [1.82, 2.24) is 20.6 Å². The second kappa shape index (κ2) is 5.16. The monoisotopic (exact) mass is 254 g/mol. The SMILES string of the molecule is O=C(NCc1ccc2c(c1)CNC2)c1cncnc1. The van der Waals surface area contributed by atoms with Crippen molar-refractivity contribution in [3.05, 3.63) is 59.2 Å². The average Bonchev–Trinajstić information content (AvgIpc) is 2.93. The number of carbonyl (C=O) groups is 1. The van der Waals surface area contributed by atoms with Crippen molar-refractivity contribution in [2.24, 2.45) is 0 Å². The van der Waals surface area contributed by atoms with E-state index in [9.17, 15) is 4.79 Å². The number of hydrogen-bond donors (Lipinski definition) is 2. The minimum atomic E-state index is -0.153. The standard InChI is InChI=1S/C14H14N4O/c19-14(13-7-16-9-17-8-13)18-4-10-1-2-11-5-15-6-12(11)3-10/h1-3,7-9,15H,4-6H2,(H,18,19). The van der Waals surface area contributed by atoms with Gasteiger partial charge in [-0.1, -0.05) is 18.2 Å². The van der Waals surface area contributed by atoms with E-state index in [0.29, 0.717) is 12.1 Å². The zero-order chi connectivity index (χ0) is 13.1. The molecule has 5 heteroatoms. The van der Waals surface area contributed by atoms with Gasteiger partial charge in [0, 0.05) is 32.0 Å². The van der Waals surface area contributed by atoms with Crippen molar-refractivity contribution in [1.29, 1.82) is 0 Å². The van der Waals surface area contributed by atoms with E-state index in [2.05, 4.69) is 32.7 Å². The maximum atomic E-state index is 11.8. The Morgan fingerprint density at radius 1 is 1.21 bits per heavy atom. The molecule has 1 aromatic carbocycles. The summed E-state index contributed by atoms with van der Waals surface area (Å²) in [5.41, 5.74) is 4.24. The predicted molar refractivity (Wildman–Crippen MR) is 70.2 cm³/mol. The van der Waals surface area contributed by atoms with Gasteiger partial charge in [-0.2, -0.15) is 0 Å². The molecule has 19 heavy (non-hydrogen) atoms. The molecule has 0 fully saturated rings. The van der Waals surface area contributed by atoms with Crippen LogP contribution in [0.4, 0.5) is 0 Å². The highest BCUT2D eigenvalue weighted by atomic mass is 16.1. The molecule has 1 amide bonds. The van der Waals surface area contributed by atoms with Crippen LogP contribution >= 0.6 is 0 Å². The Morgan fingerprint density at radius 3 is 2.84 bits per heavy atom. The van der Waals surface area contributed by atoms with E-state index >= 15 is 0 Å². The maximum absolute atomic E-state index is 11.8. The molecule has 1 aliphatic rings. The molecule has 0 saturated carbocycles. The topological polar surface area (TPSA) is 66.9 Å². The first-order valence-corrected chi connectivity index (χ1v) is 6.17. The van der Waals surface area contributed by atoms with Crippen molar-refractivity contribution in [2.45, 2.75) is 19.6 Å². The predicted octanol–water partition coefficient (Wildman–Crippen LogP) is 1.01. The van der Waals surface area contributed by atoms with Gasteiger partial charge >= 0.3 is 0 Å². The minimum absolute atomic E-state index is 0.153. The fraction of sp³-hybridized carbons (Fsp3) is 0.214. The van der Waals surface area contributed by atoms with Crippen LogP contribution in [-0.2, 0) is 19.6 Å². The van der Waals surface area contributed by atoms with E-state index in [1.807, 2.05) is 6.07 Å². The minimum Gasteiger partial charge on any atom is -0.348 e. The maximum Gasteiger partial charge on any atom is 0.254 e. The molecule has 2 N–H and O–H groups in total. The molecule has 5 nitrogen and oxygen atoms in total. The molecule has 0 radical (unpaired) electrons. The average molecular weight is 254 g/mol. The van der Waals surface area contributed by atoms with Gasteiger partial charge in [0.25, 0.3) is 5.91 Å². The molecule has 0 spiro atoms. The van der Waals surface area contributed by atoms with Gasteiger partial charge in [0.2, 0.25) is 0 Å². The van der Waals surface area contributed by atoms with Crippen LogP contribution < -0.4 is 10.6 Å². The summed E-state index contributed by atoms with van der Waals surface area (Å²) in [6, 6.07) is 6.30. The molecular weight excluding hydrogens is 240 g/mol. The van der Waals surface area contributed by atoms with Crippen LogP contribution in [0.25, 0.3) is 0 Å². The number of amides is 1. The van der Waals surface area contributed by atoms with E-state index in [1.54, 1.807) is 0 Å². The highest BCUT2D eigenvalue weighted by Crippen LogP contribution is 2.16. The highest BCUT2D eigenvalue weighted by Gasteiger charge is 2.10. The fourth-order valence-corrected chi connectivity index (χ4v) is 2.16. The number of fused-ring (bicyclic) bond motifs is 1. The Labute approximate surface area is 111 Å². The Morgan fingerprint density at radius 2 is 2.00 bits per heavy atom. The van der Waals surface area contributed by atoms with E-state index < -0.39 is 0 Å². The number of hydrogen-bond acceptors (Lipinski definition) is 4. The first-order chi connectivity index (χ1) is 9.33. The van der Waals surface area contributed by atoms with Gasteiger partial charge in [0.1, 0.15) is 6.33 Å². The van der Waals surface area contributed by atoms with Crippen LogP contribution in [0, 0.1) is 0 Å². The van der Waals surface area contributed by atoms with Crippen molar-refractivity contribution in [3.63, 3.8) is 0 Å². The fourth-order valence-electron chi connectivity index (χ4n) is 2.16. The van der Waals surface area contributed by atoms with Crippen molar-refractivity contribution in [2.75, 3.05) is 0 Å². The van der Waals surface area contributed by atoms with E-state index in [0.717, 1.165) is 18.7 Å². The summed E-state index contributed by atoms with van der Waals surface area (Å²) in [6.07, 6.45) is 4.42. The third-order valence-corrected chi connectivity index (χ3v) is 3.18. The summed E-state index contributed by atoms with van der Waals surface area (Å²) in [5, 5.41) is 6.17. The first kappa shape index (κ1) is 11.8. The third kappa shape index (κ3) is 2.61. The quantitative estimate of drug-likeness (QED) is 0.858. The van der Waals surface area contributed by atoms with Crippen LogP contribution in [0.1, 0.15) is 27.0 Å². The van der Waals surface area contributed by atoms with Crippen LogP contribution in [0.2, 0.25) is 0 Å². The summed E-state index contributed by atoms with van der Waals surface area (Å²) in [5.74, 6) is -0.153. The van der Waals surface area contributed by atoms with Crippen LogP contribution in [0.15, 0.2) is 36.9 Å². The van der Waals surface area contributed by atoms with Gasteiger partial charge in [0.05, 0.1) is 5.56 Å². The molecule has 3 rings (SSSR count). The number of nitrogens with one attached hydrogen (secondary N) is 2. The number of carbonyl (C=O) groups excluding carboxylic acids is 1. The molecule has 0 aliphatic carbocycles. The van der Waals surface area contributed by atoms with E-state index in [4.69, 9.17) is 0 Å². The van der Waals surface area contributed by atoms with E-state index in [-0.39, 0.29) is 5.91 Å². The Kier molecular flexibility index (Phi) is 3.20. The number of rotatable bonds is 3. The lowest BCUT2D eigenvalue weighted by Crippen LogP contribution is -2.23. The number of benzene rings is 1. The van der Waals surface area contributed by atoms with Crippen molar-refractivity contribution in [3.8, 4) is 0 Å². The van der Waals surface area contributed by atoms with Crippen LogP contribution in [-0.4, -0.2) is 15.9 Å². The summed E-state index contributed by atoms with van der Waals surface area (Å²) >= 11 is 0. The molecule has 0 atom stereocenters.